The molecule has 12 nitrogen and oxygen atoms in total. The van der Waals surface area contributed by atoms with Gasteiger partial charge in [-0.05, 0) is 35.9 Å². The molecule has 2 aromatic carbocycles. The van der Waals surface area contributed by atoms with Gasteiger partial charge in [0.25, 0.3) is 5.56 Å². The summed E-state index contributed by atoms with van der Waals surface area (Å²) < 4.78 is 8.97. The number of hydrogen-bond acceptors (Lipinski definition) is 8. The largest absolute Gasteiger partial charge is 0.465 e. The minimum atomic E-state index is -0.452. The number of amides is 1. The summed E-state index contributed by atoms with van der Waals surface area (Å²) in [4.78, 5) is 59.0. The van der Waals surface area contributed by atoms with Crippen LogP contribution in [0.5, 0.6) is 0 Å². The lowest BCUT2D eigenvalue weighted by atomic mass is 10.2. The lowest BCUT2D eigenvalue weighted by molar-refractivity contribution is -0.117. The highest BCUT2D eigenvalue weighted by Crippen LogP contribution is 2.25. The van der Waals surface area contributed by atoms with Gasteiger partial charge in [0.2, 0.25) is 11.9 Å². The number of halogens is 1. The topological polar surface area (TPSA) is 124 Å². The molecule has 214 valence electrons. The standard InChI is InChI=1S/C28H30ClN7O5/c1-32-24-23(25(38)33(2)28(32)40)36(16-19-6-4-5-7-21(19)29)27(31-24)35-14-12-34(13-15-35)17-22(37)30-20-10-8-18(9-11-20)26(39)41-3/h4-11H,12-17H2,1-3H3,(H,30,37). The Kier molecular flexibility index (Phi) is 7.95. The highest BCUT2D eigenvalue weighted by molar-refractivity contribution is 6.31. The summed E-state index contributed by atoms with van der Waals surface area (Å²) in [5.74, 6) is -0.0505. The molecule has 0 atom stereocenters. The maximum absolute atomic E-state index is 13.2. The number of fused-ring (bicyclic) bond motifs is 1. The van der Waals surface area contributed by atoms with Crippen LogP contribution in [-0.4, -0.2) is 75.3 Å². The third-order valence-corrected chi connectivity index (χ3v) is 7.59. The summed E-state index contributed by atoms with van der Waals surface area (Å²) in [6.45, 7) is 2.78. The second-order valence-corrected chi connectivity index (χ2v) is 10.3. The van der Waals surface area contributed by atoms with Crippen LogP contribution in [-0.2, 0) is 30.2 Å². The van der Waals surface area contributed by atoms with Crippen molar-refractivity contribution in [3.05, 3.63) is 85.5 Å². The minimum Gasteiger partial charge on any atom is -0.465 e. The molecular weight excluding hydrogens is 550 g/mol. The predicted octanol–water partition coefficient (Wildman–Crippen LogP) is 1.68. The monoisotopic (exact) mass is 579 g/mol. The van der Waals surface area contributed by atoms with Crippen LogP contribution in [0.3, 0.4) is 0 Å². The van der Waals surface area contributed by atoms with Crippen LogP contribution >= 0.6 is 11.6 Å². The van der Waals surface area contributed by atoms with Crippen molar-refractivity contribution in [2.45, 2.75) is 6.54 Å². The molecule has 1 amide bonds. The number of aromatic nitrogens is 4. The number of benzene rings is 2. The number of anilines is 2. The zero-order chi connectivity index (χ0) is 29.3. The van der Waals surface area contributed by atoms with E-state index in [9.17, 15) is 19.2 Å². The second-order valence-electron chi connectivity index (χ2n) is 9.85. The normalized spacial score (nSPS) is 13.9. The van der Waals surface area contributed by atoms with E-state index in [1.165, 1.54) is 18.7 Å². The number of piperazine rings is 1. The molecule has 4 aromatic rings. The Bertz CT molecular complexity index is 1730. The molecule has 0 saturated carbocycles. The maximum Gasteiger partial charge on any atom is 0.337 e. The first-order chi connectivity index (χ1) is 19.7. The highest BCUT2D eigenvalue weighted by atomic mass is 35.5. The Morgan fingerprint density at radius 2 is 1.66 bits per heavy atom. The first-order valence-electron chi connectivity index (χ1n) is 13.0. The van der Waals surface area contributed by atoms with Gasteiger partial charge in [-0.2, -0.15) is 4.98 Å². The molecule has 2 aromatic heterocycles. The van der Waals surface area contributed by atoms with Crippen molar-refractivity contribution < 1.29 is 14.3 Å². The van der Waals surface area contributed by atoms with Crippen molar-refractivity contribution in [2.75, 3.05) is 50.1 Å². The van der Waals surface area contributed by atoms with Gasteiger partial charge in [-0.25, -0.2) is 9.59 Å². The molecule has 0 aliphatic carbocycles. The molecule has 1 saturated heterocycles. The summed E-state index contributed by atoms with van der Waals surface area (Å²) in [6, 6.07) is 13.9. The first-order valence-corrected chi connectivity index (χ1v) is 13.4. The van der Waals surface area contributed by atoms with E-state index >= 15 is 0 Å². The Labute approximate surface area is 240 Å². The molecule has 1 N–H and O–H groups in total. The Balaban J connectivity index is 1.34. The molecule has 0 spiro atoms. The number of aryl methyl sites for hydroxylation is 1. The maximum atomic E-state index is 13.2. The van der Waals surface area contributed by atoms with Crippen molar-refractivity contribution >= 4 is 46.3 Å². The zero-order valence-electron chi connectivity index (χ0n) is 23.0. The van der Waals surface area contributed by atoms with Gasteiger partial charge in [-0.1, -0.05) is 29.8 Å². The SMILES string of the molecule is COC(=O)c1ccc(NC(=O)CN2CCN(c3nc4c(c(=O)n(C)c(=O)n4C)n3Cc3ccccc3Cl)CC2)cc1. The van der Waals surface area contributed by atoms with Crippen LogP contribution in [0.25, 0.3) is 11.2 Å². The number of carbonyl (C=O) groups excluding carboxylic acids is 2. The van der Waals surface area contributed by atoms with Gasteiger partial charge in [-0.3, -0.25) is 28.2 Å². The van der Waals surface area contributed by atoms with Gasteiger partial charge in [0.1, 0.15) is 0 Å². The third-order valence-electron chi connectivity index (χ3n) is 7.23. The highest BCUT2D eigenvalue weighted by Gasteiger charge is 2.26. The quantitative estimate of drug-likeness (QED) is 0.328. The number of esters is 1. The number of rotatable bonds is 7. The Morgan fingerprint density at radius 1 is 0.976 bits per heavy atom. The lowest BCUT2D eigenvalue weighted by Gasteiger charge is -2.35. The fourth-order valence-corrected chi connectivity index (χ4v) is 5.14. The van der Waals surface area contributed by atoms with Crippen LogP contribution in [0.15, 0.2) is 58.1 Å². The summed E-state index contributed by atoms with van der Waals surface area (Å²) in [7, 11) is 4.37. The Hall–Kier alpha value is -4.42. The molecule has 0 bridgehead atoms. The average molecular weight is 580 g/mol. The summed E-state index contributed by atoms with van der Waals surface area (Å²) in [5.41, 5.74) is 1.56. The molecular formula is C28H30ClN7O5. The number of methoxy groups -OCH3 is 1. The molecule has 3 heterocycles. The van der Waals surface area contributed by atoms with Crippen LogP contribution in [0.4, 0.5) is 11.6 Å². The van der Waals surface area contributed by atoms with E-state index in [0.717, 1.165) is 10.1 Å². The predicted molar refractivity (Wildman–Crippen MR) is 156 cm³/mol. The second kappa shape index (κ2) is 11.6. The van der Waals surface area contributed by atoms with E-state index in [1.54, 1.807) is 37.4 Å². The lowest BCUT2D eigenvalue weighted by Crippen LogP contribution is -2.49. The van der Waals surface area contributed by atoms with Gasteiger partial charge < -0.3 is 15.0 Å². The third kappa shape index (κ3) is 5.61. The summed E-state index contributed by atoms with van der Waals surface area (Å²) >= 11 is 6.46. The molecule has 0 unspecified atom stereocenters. The van der Waals surface area contributed by atoms with Crippen molar-refractivity contribution in [1.29, 1.82) is 0 Å². The van der Waals surface area contributed by atoms with E-state index in [4.69, 9.17) is 21.3 Å². The van der Waals surface area contributed by atoms with Gasteiger partial charge in [0, 0.05) is 51.0 Å². The zero-order valence-corrected chi connectivity index (χ0v) is 23.7. The summed E-state index contributed by atoms with van der Waals surface area (Å²) in [6.07, 6.45) is 0. The van der Waals surface area contributed by atoms with Gasteiger partial charge in [0.05, 0.1) is 25.8 Å². The number of carbonyl (C=O) groups is 2. The summed E-state index contributed by atoms with van der Waals surface area (Å²) in [5, 5.41) is 3.42. The van der Waals surface area contributed by atoms with Crippen molar-refractivity contribution in [1.82, 2.24) is 23.6 Å². The number of nitrogens with one attached hydrogen (secondary N) is 1. The fourth-order valence-electron chi connectivity index (χ4n) is 4.94. The fraction of sp³-hybridized carbons (Fsp3) is 0.321. The molecule has 1 aliphatic rings. The minimum absolute atomic E-state index is 0.172. The van der Waals surface area contributed by atoms with Crippen LogP contribution < -0.4 is 21.5 Å². The molecule has 1 fully saturated rings. The van der Waals surface area contributed by atoms with Crippen molar-refractivity contribution in [3.8, 4) is 0 Å². The van der Waals surface area contributed by atoms with E-state index < -0.39 is 17.2 Å². The molecule has 0 radical (unpaired) electrons. The number of imidazole rings is 1. The molecule has 1 aliphatic heterocycles. The van der Waals surface area contributed by atoms with Gasteiger partial charge in [0.15, 0.2) is 11.2 Å². The first kappa shape index (κ1) is 28.1. The van der Waals surface area contributed by atoms with Crippen molar-refractivity contribution in [3.63, 3.8) is 0 Å². The van der Waals surface area contributed by atoms with Gasteiger partial charge in [-0.15, -0.1) is 0 Å². The van der Waals surface area contributed by atoms with E-state index in [-0.39, 0.29) is 12.5 Å². The van der Waals surface area contributed by atoms with Crippen molar-refractivity contribution in [2.24, 2.45) is 14.1 Å². The number of nitrogens with zero attached hydrogens (tertiary/aromatic N) is 6. The van der Waals surface area contributed by atoms with E-state index in [0.29, 0.717) is 66.1 Å². The molecule has 13 heteroatoms. The van der Waals surface area contributed by atoms with Crippen LogP contribution in [0.2, 0.25) is 5.02 Å². The van der Waals surface area contributed by atoms with Crippen LogP contribution in [0, 0.1) is 0 Å². The smallest absolute Gasteiger partial charge is 0.337 e. The molecule has 5 rings (SSSR count). The van der Waals surface area contributed by atoms with E-state index in [2.05, 4.69) is 10.2 Å². The van der Waals surface area contributed by atoms with Gasteiger partial charge >= 0.3 is 11.7 Å². The van der Waals surface area contributed by atoms with Crippen LogP contribution in [0.1, 0.15) is 15.9 Å². The van der Waals surface area contributed by atoms with E-state index in [1.807, 2.05) is 27.7 Å². The number of ether oxygens (including phenoxy) is 1. The Morgan fingerprint density at radius 3 is 2.32 bits per heavy atom. The molecule has 41 heavy (non-hydrogen) atoms. The number of hydrogen-bond donors (Lipinski definition) is 1. The average Bonchev–Trinajstić information content (AvgIpc) is 3.35.